The first-order chi connectivity index (χ1) is 9.03. The molecule has 0 saturated carbocycles. The van der Waals surface area contributed by atoms with E-state index in [1.54, 1.807) is 24.3 Å². The quantitative estimate of drug-likeness (QED) is 0.450. The highest BCUT2D eigenvalue weighted by molar-refractivity contribution is 7.47. The Bertz CT molecular complexity index is 433. The van der Waals surface area contributed by atoms with Gasteiger partial charge in [-0.25, -0.2) is 9.09 Å². The van der Waals surface area contributed by atoms with Crippen molar-refractivity contribution in [2.75, 3.05) is 6.79 Å². The molecule has 0 fully saturated rings. The van der Waals surface area contributed by atoms with Gasteiger partial charge in [-0.1, -0.05) is 37.3 Å². The third-order valence-corrected chi connectivity index (χ3v) is 3.01. The Hall–Kier alpha value is -1.20. The maximum Gasteiger partial charge on any atom is 0.475 e. The number of esters is 1. The summed E-state index contributed by atoms with van der Waals surface area (Å²) in [5.74, 6) is -0.481. The summed E-state index contributed by atoms with van der Waals surface area (Å²) in [4.78, 5) is 20.3. The first-order valence-corrected chi connectivity index (χ1v) is 7.34. The maximum absolute atomic E-state index is 11.4. The molecule has 0 aromatic heterocycles. The Labute approximate surface area is 111 Å². The number of carbonyl (C=O) groups excluding carboxylic acids is 1. The van der Waals surface area contributed by atoms with E-state index in [-0.39, 0.29) is 13.0 Å². The molecule has 106 valence electrons. The molecular formula is C12H17O6P. The van der Waals surface area contributed by atoms with Gasteiger partial charge in [0.05, 0.1) is 6.61 Å². The van der Waals surface area contributed by atoms with E-state index in [0.717, 1.165) is 5.56 Å². The van der Waals surface area contributed by atoms with Crippen molar-refractivity contribution < 1.29 is 28.0 Å². The summed E-state index contributed by atoms with van der Waals surface area (Å²) in [7, 11) is -4.21. The molecule has 1 rings (SSSR count). The molecule has 0 bridgehead atoms. The van der Waals surface area contributed by atoms with Crippen LogP contribution >= 0.6 is 7.82 Å². The van der Waals surface area contributed by atoms with E-state index in [0.29, 0.717) is 6.42 Å². The van der Waals surface area contributed by atoms with E-state index in [4.69, 9.17) is 4.52 Å². The first kappa shape index (κ1) is 15.9. The molecule has 0 radical (unpaired) electrons. The molecule has 1 aromatic rings. The maximum atomic E-state index is 11.4. The molecule has 1 atom stereocenters. The number of benzene rings is 1. The minimum atomic E-state index is -4.21. The lowest BCUT2D eigenvalue weighted by Gasteiger charge is -2.12. The van der Waals surface area contributed by atoms with Gasteiger partial charge in [0.15, 0.2) is 0 Å². The van der Waals surface area contributed by atoms with Crippen LogP contribution in [0.15, 0.2) is 30.3 Å². The highest BCUT2D eigenvalue weighted by atomic mass is 31.2. The number of phosphoric ester groups is 1. The van der Waals surface area contributed by atoms with Gasteiger partial charge >= 0.3 is 13.8 Å². The number of hydrogen-bond acceptors (Lipinski definition) is 5. The summed E-state index contributed by atoms with van der Waals surface area (Å²) in [5, 5.41) is 0. The number of carbonyl (C=O) groups is 1. The Morgan fingerprint density at radius 2 is 1.95 bits per heavy atom. The summed E-state index contributed by atoms with van der Waals surface area (Å²) >= 11 is 0. The van der Waals surface area contributed by atoms with Gasteiger partial charge in [0.1, 0.15) is 0 Å². The van der Waals surface area contributed by atoms with E-state index in [1.807, 2.05) is 13.0 Å². The largest absolute Gasteiger partial charge is 0.475 e. The van der Waals surface area contributed by atoms with Crippen molar-refractivity contribution in [3.63, 3.8) is 0 Å². The van der Waals surface area contributed by atoms with Gasteiger partial charge in [-0.05, 0) is 12.0 Å². The minimum absolute atomic E-state index is 0.0580. The summed E-state index contributed by atoms with van der Waals surface area (Å²) in [5.41, 5.74) is 0.739. The molecule has 0 saturated heterocycles. The first-order valence-electron chi connectivity index (χ1n) is 5.85. The lowest BCUT2D eigenvalue weighted by Crippen LogP contribution is -2.07. The Morgan fingerprint density at radius 3 is 2.58 bits per heavy atom. The van der Waals surface area contributed by atoms with Crippen LogP contribution in [-0.2, 0) is 29.8 Å². The highest BCUT2D eigenvalue weighted by Crippen LogP contribution is 2.43. The van der Waals surface area contributed by atoms with E-state index in [9.17, 15) is 14.3 Å². The van der Waals surface area contributed by atoms with Gasteiger partial charge in [-0.2, -0.15) is 0 Å². The third kappa shape index (κ3) is 7.08. The van der Waals surface area contributed by atoms with Crippen LogP contribution in [0.2, 0.25) is 0 Å². The fourth-order valence-corrected chi connectivity index (χ4v) is 1.78. The molecule has 0 aliphatic rings. The van der Waals surface area contributed by atoms with Gasteiger partial charge in [0.25, 0.3) is 0 Å². The van der Waals surface area contributed by atoms with Gasteiger partial charge in [-0.3, -0.25) is 9.32 Å². The summed E-state index contributed by atoms with van der Waals surface area (Å²) < 4.78 is 25.3. The molecule has 0 aliphatic heterocycles. The van der Waals surface area contributed by atoms with Crippen molar-refractivity contribution in [3.8, 4) is 0 Å². The number of ether oxygens (including phenoxy) is 1. The van der Waals surface area contributed by atoms with Crippen molar-refractivity contribution in [1.29, 1.82) is 0 Å². The molecule has 0 amide bonds. The zero-order valence-electron chi connectivity index (χ0n) is 10.7. The lowest BCUT2D eigenvalue weighted by molar-refractivity contribution is -0.151. The van der Waals surface area contributed by atoms with Crippen molar-refractivity contribution >= 4 is 13.8 Å². The molecule has 19 heavy (non-hydrogen) atoms. The molecule has 0 heterocycles. The smallest absolute Gasteiger partial charge is 0.438 e. The van der Waals surface area contributed by atoms with Gasteiger partial charge in [0, 0.05) is 6.42 Å². The average Bonchev–Trinajstić information content (AvgIpc) is 2.38. The summed E-state index contributed by atoms with van der Waals surface area (Å²) in [6, 6.07) is 8.90. The van der Waals surface area contributed by atoms with Crippen molar-refractivity contribution in [3.05, 3.63) is 35.9 Å². The zero-order valence-corrected chi connectivity index (χ0v) is 11.5. The second kappa shape index (κ2) is 8.07. The van der Waals surface area contributed by atoms with Crippen LogP contribution in [0.3, 0.4) is 0 Å². The summed E-state index contributed by atoms with van der Waals surface area (Å²) in [6.45, 7) is 1.17. The molecule has 0 spiro atoms. The molecule has 1 aromatic carbocycles. The van der Waals surface area contributed by atoms with Gasteiger partial charge < -0.3 is 9.63 Å². The standard InChI is InChI=1S/C12H17O6P/c1-2-6-12(13)16-10-18-19(14,15)17-9-11-7-4-3-5-8-11/h3-5,7-8H,2,6,9-10H2,1H3,(H,14,15). The predicted octanol–water partition coefficient (Wildman–Crippen LogP) is 2.62. The van der Waals surface area contributed by atoms with Crippen LogP contribution in [0.25, 0.3) is 0 Å². The third-order valence-electron chi connectivity index (χ3n) is 2.13. The minimum Gasteiger partial charge on any atom is -0.438 e. The fourth-order valence-electron chi connectivity index (χ4n) is 1.20. The van der Waals surface area contributed by atoms with Crippen LogP contribution in [0.1, 0.15) is 25.3 Å². The molecule has 1 N–H and O–H groups in total. The molecule has 1 unspecified atom stereocenters. The van der Waals surface area contributed by atoms with Gasteiger partial charge in [0.2, 0.25) is 6.79 Å². The monoisotopic (exact) mass is 288 g/mol. The molecular weight excluding hydrogens is 271 g/mol. The zero-order chi connectivity index (χ0) is 14.1. The molecule has 6 nitrogen and oxygen atoms in total. The van der Waals surface area contributed by atoms with Crippen LogP contribution in [0, 0.1) is 0 Å². The molecule has 7 heteroatoms. The predicted molar refractivity (Wildman–Crippen MR) is 68.0 cm³/mol. The Kier molecular flexibility index (Phi) is 6.73. The Morgan fingerprint density at radius 1 is 1.26 bits per heavy atom. The van der Waals surface area contributed by atoms with E-state index < -0.39 is 20.6 Å². The van der Waals surface area contributed by atoms with Crippen LogP contribution in [0.4, 0.5) is 0 Å². The SMILES string of the molecule is CCCC(=O)OCOP(=O)(O)OCc1ccccc1. The fraction of sp³-hybridized carbons (Fsp3) is 0.417. The van der Waals surface area contributed by atoms with Crippen LogP contribution in [0.5, 0.6) is 0 Å². The number of hydrogen-bond donors (Lipinski definition) is 1. The second-order valence-electron chi connectivity index (χ2n) is 3.74. The number of rotatable bonds is 8. The van der Waals surface area contributed by atoms with E-state index in [2.05, 4.69) is 9.26 Å². The van der Waals surface area contributed by atoms with Crippen LogP contribution < -0.4 is 0 Å². The normalized spacial score (nSPS) is 13.8. The summed E-state index contributed by atoms with van der Waals surface area (Å²) in [6.07, 6.45) is 0.879. The average molecular weight is 288 g/mol. The van der Waals surface area contributed by atoms with Crippen LogP contribution in [-0.4, -0.2) is 17.7 Å². The van der Waals surface area contributed by atoms with Crippen molar-refractivity contribution in [2.24, 2.45) is 0 Å². The van der Waals surface area contributed by atoms with Crippen molar-refractivity contribution in [2.45, 2.75) is 26.4 Å². The van der Waals surface area contributed by atoms with Gasteiger partial charge in [-0.15, -0.1) is 0 Å². The Balaban J connectivity index is 2.28. The van der Waals surface area contributed by atoms with E-state index >= 15 is 0 Å². The highest BCUT2D eigenvalue weighted by Gasteiger charge is 2.21. The van der Waals surface area contributed by atoms with E-state index in [1.165, 1.54) is 0 Å². The molecule has 0 aliphatic carbocycles. The van der Waals surface area contributed by atoms with Crippen molar-refractivity contribution in [1.82, 2.24) is 0 Å². The topological polar surface area (TPSA) is 82.1 Å². The number of phosphoric acid groups is 1. The second-order valence-corrected chi connectivity index (χ2v) is 5.19. The lowest BCUT2D eigenvalue weighted by atomic mass is 10.2.